The van der Waals surface area contributed by atoms with Crippen LogP contribution in [0, 0.1) is 0 Å². The molecule has 1 unspecified atom stereocenters. The van der Waals surface area contributed by atoms with Crippen LogP contribution in [0.25, 0.3) is 0 Å². The highest BCUT2D eigenvalue weighted by Gasteiger charge is 2.29. The number of carbonyl (C=O) groups is 1. The maximum Gasteiger partial charge on any atom is 0.254 e. The van der Waals surface area contributed by atoms with Gasteiger partial charge in [-0.3, -0.25) is 4.79 Å². The van der Waals surface area contributed by atoms with E-state index in [0.29, 0.717) is 31.9 Å². The Kier molecular flexibility index (Phi) is 5.76. The average Bonchev–Trinajstić information content (AvgIpc) is 2.68. The lowest BCUT2D eigenvalue weighted by atomic mass is 9.99. The average molecular weight is 366 g/mol. The highest BCUT2D eigenvalue weighted by atomic mass is 32.2. The molecule has 7 heteroatoms. The Morgan fingerprint density at radius 2 is 1.96 bits per heavy atom. The molecule has 0 bridgehead atoms. The van der Waals surface area contributed by atoms with Crippen molar-refractivity contribution in [2.75, 3.05) is 32.8 Å². The van der Waals surface area contributed by atoms with E-state index < -0.39 is 10.0 Å². The summed E-state index contributed by atoms with van der Waals surface area (Å²) < 4.78 is 32.3. The lowest BCUT2D eigenvalue weighted by Gasteiger charge is -2.35. The second kappa shape index (κ2) is 7.85. The Morgan fingerprint density at radius 1 is 1.20 bits per heavy atom. The zero-order valence-electron chi connectivity index (χ0n) is 14.7. The van der Waals surface area contributed by atoms with Gasteiger partial charge in [0.2, 0.25) is 10.0 Å². The van der Waals surface area contributed by atoms with Gasteiger partial charge in [0.15, 0.2) is 0 Å². The first-order valence-corrected chi connectivity index (χ1v) is 10.5. The fourth-order valence-corrected chi connectivity index (χ4v) is 5.04. The molecule has 1 aromatic carbocycles. The maximum atomic E-state index is 12.9. The van der Waals surface area contributed by atoms with Crippen molar-refractivity contribution in [1.29, 1.82) is 0 Å². The molecular weight excluding hydrogens is 340 g/mol. The Labute approximate surface area is 149 Å². The topological polar surface area (TPSA) is 66.9 Å². The summed E-state index contributed by atoms with van der Waals surface area (Å²) >= 11 is 0. The van der Waals surface area contributed by atoms with Crippen LogP contribution in [0.2, 0.25) is 0 Å². The number of morpholine rings is 1. The van der Waals surface area contributed by atoms with Crippen molar-refractivity contribution in [3.63, 3.8) is 0 Å². The van der Waals surface area contributed by atoms with Crippen molar-refractivity contribution >= 4 is 15.9 Å². The molecule has 3 rings (SSSR count). The minimum atomic E-state index is -3.59. The normalized spacial score (nSPS) is 22.8. The van der Waals surface area contributed by atoms with E-state index in [2.05, 4.69) is 6.92 Å². The predicted molar refractivity (Wildman–Crippen MR) is 95.0 cm³/mol. The molecule has 0 N–H and O–H groups in total. The minimum Gasteiger partial charge on any atom is -0.379 e. The van der Waals surface area contributed by atoms with Gasteiger partial charge in [-0.15, -0.1) is 0 Å². The van der Waals surface area contributed by atoms with Crippen LogP contribution in [0.15, 0.2) is 29.2 Å². The number of piperidine rings is 1. The lowest BCUT2D eigenvalue weighted by Crippen LogP contribution is -2.43. The quantitative estimate of drug-likeness (QED) is 0.819. The van der Waals surface area contributed by atoms with Crippen molar-refractivity contribution in [1.82, 2.24) is 9.21 Å². The number of benzene rings is 1. The number of ether oxygens (including phenoxy) is 1. The molecule has 0 spiro atoms. The van der Waals surface area contributed by atoms with Gasteiger partial charge in [0.05, 0.1) is 18.1 Å². The molecule has 1 amide bonds. The van der Waals surface area contributed by atoms with Crippen LogP contribution in [0.5, 0.6) is 0 Å². The van der Waals surface area contributed by atoms with Crippen LogP contribution in [0.1, 0.15) is 43.0 Å². The van der Waals surface area contributed by atoms with Gasteiger partial charge < -0.3 is 9.64 Å². The molecule has 25 heavy (non-hydrogen) atoms. The first-order chi connectivity index (χ1) is 12.0. The van der Waals surface area contributed by atoms with Gasteiger partial charge in [-0.2, -0.15) is 4.31 Å². The number of amides is 1. The molecule has 1 atom stereocenters. The molecule has 2 heterocycles. The summed E-state index contributed by atoms with van der Waals surface area (Å²) in [6, 6.07) is 6.71. The van der Waals surface area contributed by atoms with Gasteiger partial charge >= 0.3 is 0 Å². The van der Waals surface area contributed by atoms with Gasteiger partial charge in [0, 0.05) is 31.2 Å². The fraction of sp³-hybridized carbons (Fsp3) is 0.611. The largest absolute Gasteiger partial charge is 0.379 e. The van der Waals surface area contributed by atoms with Gasteiger partial charge in [-0.1, -0.05) is 13.0 Å². The van der Waals surface area contributed by atoms with Gasteiger partial charge in [0.1, 0.15) is 0 Å². The Morgan fingerprint density at radius 3 is 2.68 bits per heavy atom. The van der Waals surface area contributed by atoms with E-state index in [1.165, 1.54) is 10.4 Å². The molecule has 2 aliphatic heterocycles. The molecule has 0 radical (unpaired) electrons. The SMILES string of the molecule is CCC1CCCCN1C(=O)c1cccc(S(=O)(=O)N2CCOCC2)c1. The highest BCUT2D eigenvalue weighted by molar-refractivity contribution is 7.89. The third kappa shape index (κ3) is 3.88. The summed E-state index contributed by atoms with van der Waals surface area (Å²) in [5, 5.41) is 0. The second-order valence-corrected chi connectivity index (χ2v) is 8.54. The molecule has 0 aliphatic carbocycles. The van der Waals surface area contributed by atoms with Crippen LogP contribution in [-0.2, 0) is 14.8 Å². The Balaban J connectivity index is 1.84. The number of likely N-dealkylation sites (tertiary alicyclic amines) is 1. The van der Waals surface area contributed by atoms with E-state index in [9.17, 15) is 13.2 Å². The number of nitrogens with zero attached hydrogens (tertiary/aromatic N) is 2. The monoisotopic (exact) mass is 366 g/mol. The van der Waals surface area contributed by atoms with Crippen molar-refractivity contribution in [3.05, 3.63) is 29.8 Å². The van der Waals surface area contributed by atoms with Crippen molar-refractivity contribution in [2.24, 2.45) is 0 Å². The van der Waals surface area contributed by atoms with E-state index in [1.807, 2.05) is 4.90 Å². The predicted octanol–water partition coefficient (Wildman–Crippen LogP) is 2.11. The Bertz CT molecular complexity index is 714. The number of rotatable bonds is 4. The zero-order chi connectivity index (χ0) is 17.9. The summed E-state index contributed by atoms with van der Waals surface area (Å²) in [6.07, 6.45) is 4.10. The number of sulfonamides is 1. The molecular formula is C18H26N2O4S. The van der Waals surface area contributed by atoms with E-state index in [1.54, 1.807) is 18.2 Å². The van der Waals surface area contributed by atoms with Gasteiger partial charge in [-0.25, -0.2) is 8.42 Å². The third-order valence-corrected chi connectivity index (χ3v) is 6.94. The second-order valence-electron chi connectivity index (χ2n) is 6.60. The van der Waals surface area contributed by atoms with Crippen LogP contribution in [0.4, 0.5) is 0 Å². The van der Waals surface area contributed by atoms with Crippen LogP contribution in [0.3, 0.4) is 0 Å². The van der Waals surface area contributed by atoms with E-state index in [0.717, 1.165) is 32.2 Å². The molecule has 0 saturated carbocycles. The summed E-state index contributed by atoms with van der Waals surface area (Å²) in [5.41, 5.74) is 0.453. The van der Waals surface area contributed by atoms with Crippen LogP contribution >= 0.6 is 0 Å². The van der Waals surface area contributed by atoms with E-state index in [-0.39, 0.29) is 16.8 Å². The van der Waals surface area contributed by atoms with Gasteiger partial charge in [-0.05, 0) is 43.9 Å². The zero-order valence-corrected chi connectivity index (χ0v) is 15.5. The summed E-state index contributed by atoms with van der Waals surface area (Å²) in [5.74, 6) is -0.0643. The maximum absolute atomic E-state index is 12.9. The molecule has 0 aromatic heterocycles. The molecule has 2 aliphatic rings. The van der Waals surface area contributed by atoms with Crippen LogP contribution < -0.4 is 0 Å². The fourth-order valence-electron chi connectivity index (χ4n) is 3.58. The Hall–Kier alpha value is -1.44. The third-order valence-electron chi connectivity index (χ3n) is 5.05. The first kappa shape index (κ1) is 18.4. The number of carbonyl (C=O) groups excluding carboxylic acids is 1. The first-order valence-electron chi connectivity index (χ1n) is 9.03. The van der Waals surface area contributed by atoms with Crippen LogP contribution in [-0.4, -0.2) is 62.4 Å². The number of hydrogen-bond acceptors (Lipinski definition) is 4. The molecule has 2 saturated heterocycles. The van der Waals surface area contributed by atoms with Gasteiger partial charge in [0.25, 0.3) is 5.91 Å². The summed E-state index contributed by atoms with van der Waals surface area (Å²) in [6.45, 7) is 4.36. The molecule has 1 aromatic rings. The summed E-state index contributed by atoms with van der Waals surface area (Å²) in [4.78, 5) is 15.0. The number of hydrogen-bond donors (Lipinski definition) is 0. The minimum absolute atomic E-state index is 0.0643. The van der Waals surface area contributed by atoms with E-state index in [4.69, 9.17) is 4.74 Å². The van der Waals surface area contributed by atoms with Crippen molar-refractivity contribution in [3.8, 4) is 0 Å². The van der Waals surface area contributed by atoms with Crippen molar-refractivity contribution < 1.29 is 17.9 Å². The summed E-state index contributed by atoms with van der Waals surface area (Å²) in [7, 11) is -3.59. The lowest BCUT2D eigenvalue weighted by molar-refractivity contribution is 0.0607. The molecule has 6 nitrogen and oxygen atoms in total. The smallest absolute Gasteiger partial charge is 0.254 e. The highest BCUT2D eigenvalue weighted by Crippen LogP contribution is 2.24. The molecule has 2 fully saturated rings. The van der Waals surface area contributed by atoms with E-state index >= 15 is 0 Å². The standard InChI is InChI=1S/C18H26N2O4S/c1-2-16-7-3-4-9-20(16)18(21)15-6-5-8-17(14-15)25(22,23)19-10-12-24-13-11-19/h5-6,8,14,16H,2-4,7,9-13H2,1H3. The van der Waals surface area contributed by atoms with Crippen molar-refractivity contribution in [2.45, 2.75) is 43.5 Å². The molecule has 138 valence electrons.